The third kappa shape index (κ3) is 3.64. The van der Waals surface area contributed by atoms with E-state index in [0.717, 1.165) is 59.5 Å². The molecule has 0 bridgehead atoms. The second-order valence-corrected chi connectivity index (χ2v) is 9.24. The Morgan fingerprint density at radius 2 is 1.84 bits per heavy atom. The lowest BCUT2D eigenvalue weighted by atomic mass is 9.89. The van der Waals surface area contributed by atoms with Crippen LogP contribution in [0.2, 0.25) is 0 Å². The van der Waals surface area contributed by atoms with Gasteiger partial charge >= 0.3 is 0 Å². The van der Waals surface area contributed by atoms with E-state index in [0.29, 0.717) is 5.92 Å². The molecule has 0 saturated carbocycles. The topological polar surface area (TPSA) is 61.7 Å². The number of pyridine rings is 1. The second-order valence-electron chi connectivity index (χ2n) is 9.24. The summed E-state index contributed by atoms with van der Waals surface area (Å²) < 4.78 is 2.03. The van der Waals surface area contributed by atoms with Crippen molar-refractivity contribution in [3.63, 3.8) is 0 Å². The van der Waals surface area contributed by atoms with Gasteiger partial charge < -0.3 is 19.9 Å². The predicted molar refractivity (Wildman–Crippen MR) is 127 cm³/mol. The van der Waals surface area contributed by atoms with E-state index < -0.39 is 0 Å². The number of likely N-dealkylation sites (tertiary alicyclic amines) is 1. The van der Waals surface area contributed by atoms with Gasteiger partial charge in [0.25, 0.3) is 5.91 Å². The summed E-state index contributed by atoms with van der Waals surface area (Å²) in [4.78, 5) is 19.7. The first kappa shape index (κ1) is 20.6. The molecular formula is C26H31N5O. The van der Waals surface area contributed by atoms with Crippen LogP contribution >= 0.6 is 0 Å². The molecule has 32 heavy (non-hydrogen) atoms. The summed E-state index contributed by atoms with van der Waals surface area (Å²) in [6.07, 6.45) is 7.98. The molecule has 6 heteroatoms. The quantitative estimate of drug-likeness (QED) is 0.655. The number of aromatic nitrogens is 2. The van der Waals surface area contributed by atoms with Crippen molar-refractivity contribution < 1.29 is 4.79 Å². The van der Waals surface area contributed by atoms with Crippen molar-refractivity contribution in [2.45, 2.75) is 52.6 Å². The van der Waals surface area contributed by atoms with Crippen LogP contribution in [0.5, 0.6) is 0 Å². The van der Waals surface area contributed by atoms with Crippen molar-refractivity contribution >= 4 is 17.1 Å². The zero-order chi connectivity index (χ0) is 22.4. The molecule has 2 N–H and O–H groups in total. The molecule has 1 saturated heterocycles. The monoisotopic (exact) mass is 429 g/mol. The maximum atomic E-state index is 13.5. The van der Waals surface area contributed by atoms with Crippen molar-refractivity contribution in [3.8, 4) is 0 Å². The van der Waals surface area contributed by atoms with Crippen molar-refractivity contribution in [3.05, 3.63) is 76.5 Å². The van der Waals surface area contributed by atoms with Crippen LogP contribution in [0.1, 0.15) is 65.2 Å². The molecule has 1 fully saturated rings. The summed E-state index contributed by atoms with van der Waals surface area (Å²) in [6.45, 7) is 9.91. The lowest BCUT2D eigenvalue weighted by molar-refractivity contribution is 0.0712. The summed E-state index contributed by atoms with van der Waals surface area (Å²) in [5.74, 6) is 0.627. The first-order valence-electron chi connectivity index (χ1n) is 11.5. The number of benzene rings is 1. The van der Waals surface area contributed by atoms with Crippen LogP contribution < -0.4 is 10.6 Å². The highest BCUT2D eigenvalue weighted by Gasteiger charge is 2.27. The fourth-order valence-corrected chi connectivity index (χ4v) is 5.17. The summed E-state index contributed by atoms with van der Waals surface area (Å²) in [5, 5.41) is 6.91. The van der Waals surface area contributed by atoms with E-state index in [1.54, 1.807) is 0 Å². The molecule has 1 unspecified atom stereocenters. The Labute approximate surface area is 189 Å². The Bertz CT molecular complexity index is 1220. The molecule has 166 valence electrons. The molecule has 2 aromatic heterocycles. The van der Waals surface area contributed by atoms with E-state index in [4.69, 9.17) is 0 Å². The maximum Gasteiger partial charge on any atom is 0.254 e. The number of hydrogen-bond acceptors (Lipinski definition) is 4. The Hall–Kier alpha value is -3.28. The SMILES string of the molecule is CC1=C(c2cc(C(=O)N3CCC(c4ccn5cncc5c4)CC3)c(C)cc2C)NC(C)N1. The Balaban J connectivity index is 1.34. The van der Waals surface area contributed by atoms with Crippen LogP contribution in [-0.2, 0) is 0 Å². The number of nitrogens with one attached hydrogen (secondary N) is 2. The molecule has 0 radical (unpaired) electrons. The molecule has 0 aliphatic carbocycles. The summed E-state index contributed by atoms with van der Waals surface area (Å²) in [5.41, 5.74) is 8.83. The molecule has 1 aromatic carbocycles. The molecule has 4 heterocycles. The Morgan fingerprint density at radius 1 is 1.06 bits per heavy atom. The van der Waals surface area contributed by atoms with Crippen molar-refractivity contribution in [1.29, 1.82) is 0 Å². The van der Waals surface area contributed by atoms with Crippen molar-refractivity contribution in [2.75, 3.05) is 13.1 Å². The first-order chi connectivity index (χ1) is 15.4. The molecule has 6 nitrogen and oxygen atoms in total. The highest BCUT2D eigenvalue weighted by Crippen LogP contribution is 2.31. The minimum absolute atomic E-state index is 0.144. The fraction of sp³-hybridized carbons (Fsp3) is 0.385. The van der Waals surface area contributed by atoms with E-state index in [1.807, 2.05) is 28.7 Å². The van der Waals surface area contributed by atoms with Gasteiger partial charge in [0.1, 0.15) is 0 Å². The highest BCUT2D eigenvalue weighted by molar-refractivity contribution is 5.97. The van der Waals surface area contributed by atoms with Gasteiger partial charge in [-0.25, -0.2) is 4.98 Å². The van der Waals surface area contributed by atoms with Gasteiger partial charge in [0.2, 0.25) is 0 Å². The normalized spacial score (nSPS) is 19.4. The molecule has 0 spiro atoms. The van der Waals surface area contributed by atoms with Gasteiger partial charge in [-0.05, 0) is 81.3 Å². The van der Waals surface area contributed by atoms with Crippen LogP contribution in [-0.4, -0.2) is 39.4 Å². The summed E-state index contributed by atoms with van der Waals surface area (Å²) >= 11 is 0. The Morgan fingerprint density at radius 3 is 2.56 bits per heavy atom. The third-order valence-corrected chi connectivity index (χ3v) is 6.93. The third-order valence-electron chi connectivity index (χ3n) is 6.93. The van der Waals surface area contributed by atoms with Gasteiger partial charge in [0.15, 0.2) is 0 Å². The molecular weight excluding hydrogens is 398 g/mol. The van der Waals surface area contributed by atoms with Crippen LogP contribution in [0, 0.1) is 13.8 Å². The van der Waals surface area contributed by atoms with Gasteiger partial charge in [-0.2, -0.15) is 0 Å². The number of rotatable bonds is 3. The standard InChI is InChI=1S/C26H31N5O/c1-16-11-17(2)24(13-23(16)25-18(3)28-19(4)29-25)26(32)30-8-5-20(6-9-30)21-7-10-31-15-27-14-22(31)12-21/h7,10-15,19-20,28-29H,5-6,8-9H2,1-4H3. The predicted octanol–water partition coefficient (Wildman–Crippen LogP) is 4.20. The molecule has 2 aliphatic heterocycles. The van der Waals surface area contributed by atoms with Gasteiger partial charge in [-0.3, -0.25) is 4.79 Å². The van der Waals surface area contributed by atoms with Crippen molar-refractivity contribution in [1.82, 2.24) is 24.9 Å². The van der Waals surface area contributed by atoms with Crippen LogP contribution in [0.15, 0.2) is 48.7 Å². The summed E-state index contributed by atoms with van der Waals surface area (Å²) in [7, 11) is 0. The fourth-order valence-electron chi connectivity index (χ4n) is 5.17. The summed E-state index contributed by atoms with van der Waals surface area (Å²) in [6, 6.07) is 8.64. The molecule has 2 aliphatic rings. The van der Waals surface area contributed by atoms with Gasteiger partial charge in [0, 0.05) is 36.1 Å². The zero-order valence-corrected chi connectivity index (χ0v) is 19.3. The van der Waals surface area contributed by atoms with E-state index in [-0.39, 0.29) is 12.1 Å². The number of piperidine rings is 1. The largest absolute Gasteiger partial charge is 0.367 e. The van der Waals surface area contributed by atoms with E-state index in [1.165, 1.54) is 11.1 Å². The van der Waals surface area contributed by atoms with E-state index in [9.17, 15) is 4.79 Å². The lowest BCUT2D eigenvalue weighted by Crippen LogP contribution is -2.38. The number of amides is 1. The number of allylic oxidation sites excluding steroid dienone is 1. The van der Waals surface area contributed by atoms with Crippen LogP contribution in [0.25, 0.3) is 11.2 Å². The number of carbonyl (C=O) groups is 1. The van der Waals surface area contributed by atoms with Crippen LogP contribution in [0.3, 0.4) is 0 Å². The number of nitrogens with zero attached hydrogens (tertiary/aromatic N) is 3. The molecule has 1 atom stereocenters. The van der Waals surface area contributed by atoms with Gasteiger partial charge in [-0.1, -0.05) is 6.07 Å². The molecule has 1 amide bonds. The van der Waals surface area contributed by atoms with E-state index >= 15 is 0 Å². The number of carbonyl (C=O) groups excluding carboxylic acids is 1. The minimum Gasteiger partial charge on any atom is -0.367 e. The molecule has 3 aromatic rings. The zero-order valence-electron chi connectivity index (χ0n) is 19.3. The van der Waals surface area contributed by atoms with Gasteiger partial charge in [-0.15, -0.1) is 0 Å². The smallest absolute Gasteiger partial charge is 0.254 e. The van der Waals surface area contributed by atoms with Crippen molar-refractivity contribution in [2.24, 2.45) is 0 Å². The minimum atomic E-state index is 0.144. The average molecular weight is 430 g/mol. The average Bonchev–Trinajstić information content (AvgIpc) is 3.38. The first-order valence-corrected chi connectivity index (χ1v) is 11.5. The number of imidazole rings is 1. The number of fused-ring (bicyclic) bond motifs is 1. The van der Waals surface area contributed by atoms with Gasteiger partial charge in [0.05, 0.1) is 29.9 Å². The highest BCUT2D eigenvalue weighted by atomic mass is 16.2. The van der Waals surface area contributed by atoms with E-state index in [2.05, 4.69) is 66.9 Å². The lowest BCUT2D eigenvalue weighted by Gasteiger charge is -2.33. The number of hydrogen-bond donors (Lipinski definition) is 2. The van der Waals surface area contributed by atoms with Crippen LogP contribution in [0.4, 0.5) is 0 Å². The Kier molecular flexibility index (Phi) is 5.16. The number of aryl methyl sites for hydroxylation is 2. The maximum absolute atomic E-state index is 13.5. The molecule has 5 rings (SSSR count). The second kappa shape index (κ2) is 8.01.